The molecule has 0 aliphatic carbocycles. The quantitative estimate of drug-likeness (QED) is 0.143. The molecule has 0 radical (unpaired) electrons. The molecule has 0 fully saturated rings. The van der Waals surface area contributed by atoms with Crippen molar-refractivity contribution in [2.75, 3.05) is 11.5 Å². The van der Waals surface area contributed by atoms with Crippen molar-refractivity contribution in [2.45, 2.75) is 50.9 Å². The Labute approximate surface area is 179 Å². The van der Waals surface area contributed by atoms with E-state index in [1.54, 1.807) is 13.8 Å². The number of carboxylic acids is 1. The monoisotopic (exact) mass is 451 g/mol. The Morgan fingerprint density at radius 1 is 0.931 bits per heavy atom. The van der Waals surface area contributed by atoms with Gasteiger partial charge in [0.2, 0.25) is 23.6 Å². The van der Waals surface area contributed by atoms with Gasteiger partial charge in [0.25, 0.3) is 0 Å². The van der Waals surface area contributed by atoms with E-state index < -0.39 is 60.2 Å². The van der Waals surface area contributed by atoms with Gasteiger partial charge in [-0.05, 0) is 5.92 Å². The number of hydrogen-bond donors (Lipinski definition) is 8. The van der Waals surface area contributed by atoms with Crippen LogP contribution in [0.2, 0.25) is 0 Å². The molecule has 0 aromatic heterocycles. The second kappa shape index (κ2) is 13.3. The molecule has 0 aromatic carbocycles. The highest BCUT2D eigenvalue weighted by Crippen LogP contribution is 2.10. The van der Waals surface area contributed by atoms with Crippen LogP contribution in [-0.4, -0.2) is 70.4 Å². The fourth-order valence-corrected chi connectivity index (χ4v) is 2.59. The normalized spacial score (nSPS) is 15.9. The lowest BCUT2D eigenvalue weighted by Gasteiger charge is -2.27. The third kappa shape index (κ3) is 9.37. The van der Waals surface area contributed by atoms with Crippen molar-refractivity contribution in [1.82, 2.24) is 16.0 Å². The highest BCUT2D eigenvalue weighted by atomic mass is 32.1. The van der Waals surface area contributed by atoms with Gasteiger partial charge in [0, 0.05) is 11.5 Å². The Balaban J connectivity index is 5.46. The number of carbonyl (C=O) groups is 5. The molecular weight excluding hydrogens is 422 g/mol. The zero-order valence-electron chi connectivity index (χ0n) is 16.3. The molecule has 0 aliphatic rings. The van der Waals surface area contributed by atoms with Crippen molar-refractivity contribution >= 4 is 54.9 Å². The third-order valence-corrected chi connectivity index (χ3v) is 4.92. The van der Waals surface area contributed by atoms with E-state index in [0.29, 0.717) is 6.42 Å². The molecule has 5 atom stereocenters. The van der Waals surface area contributed by atoms with Crippen LogP contribution in [0.25, 0.3) is 0 Å². The molecule has 29 heavy (non-hydrogen) atoms. The molecular formula is C16H29N5O6S2. The number of carbonyl (C=O) groups excluding carboxylic acids is 4. The van der Waals surface area contributed by atoms with Crippen LogP contribution in [0.3, 0.4) is 0 Å². The van der Waals surface area contributed by atoms with Crippen molar-refractivity contribution in [3.63, 3.8) is 0 Å². The van der Waals surface area contributed by atoms with E-state index in [0.717, 1.165) is 0 Å². The SMILES string of the molecule is CCC(C)C(NC(=O)C(CC(N)=O)NC(=O)C(N)CS)C(=O)NC(CS)C(=O)O. The molecule has 0 rings (SSSR count). The highest BCUT2D eigenvalue weighted by molar-refractivity contribution is 7.80. The second-order valence-corrected chi connectivity index (χ2v) is 7.20. The van der Waals surface area contributed by atoms with E-state index in [4.69, 9.17) is 16.6 Å². The lowest BCUT2D eigenvalue weighted by Crippen LogP contribution is -2.59. The average Bonchev–Trinajstić information content (AvgIpc) is 2.67. The lowest BCUT2D eigenvalue weighted by molar-refractivity contribution is -0.142. The van der Waals surface area contributed by atoms with Gasteiger partial charge in [0.1, 0.15) is 18.1 Å². The zero-order chi connectivity index (χ0) is 22.7. The zero-order valence-corrected chi connectivity index (χ0v) is 18.0. The smallest absolute Gasteiger partial charge is 0.327 e. The number of rotatable bonds is 13. The summed E-state index contributed by atoms with van der Waals surface area (Å²) in [5.74, 6) is -4.92. The van der Waals surface area contributed by atoms with Crippen LogP contribution in [0, 0.1) is 5.92 Å². The van der Waals surface area contributed by atoms with Crippen molar-refractivity contribution in [2.24, 2.45) is 17.4 Å². The van der Waals surface area contributed by atoms with Crippen LogP contribution in [0.4, 0.5) is 0 Å². The van der Waals surface area contributed by atoms with E-state index >= 15 is 0 Å². The molecule has 0 bridgehead atoms. The summed E-state index contributed by atoms with van der Waals surface area (Å²) in [6.45, 7) is 3.46. The van der Waals surface area contributed by atoms with Crippen LogP contribution in [0.15, 0.2) is 0 Å². The first-order valence-electron chi connectivity index (χ1n) is 8.87. The minimum Gasteiger partial charge on any atom is -0.480 e. The van der Waals surface area contributed by atoms with Crippen LogP contribution in [-0.2, 0) is 24.0 Å². The summed E-state index contributed by atoms with van der Waals surface area (Å²) in [6, 6.07) is -4.73. The van der Waals surface area contributed by atoms with Gasteiger partial charge in [-0.2, -0.15) is 25.3 Å². The molecule has 166 valence electrons. The van der Waals surface area contributed by atoms with E-state index in [1.807, 2.05) is 0 Å². The Morgan fingerprint density at radius 3 is 1.90 bits per heavy atom. The van der Waals surface area contributed by atoms with Crippen LogP contribution < -0.4 is 27.4 Å². The number of amides is 4. The molecule has 0 spiro atoms. The van der Waals surface area contributed by atoms with Gasteiger partial charge in [0.15, 0.2) is 0 Å². The molecule has 0 aliphatic heterocycles. The van der Waals surface area contributed by atoms with Gasteiger partial charge in [-0.25, -0.2) is 4.79 Å². The van der Waals surface area contributed by atoms with E-state index in [1.165, 1.54) is 0 Å². The van der Waals surface area contributed by atoms with E-state index in [-0.39, 0.29) is 17.4 Å². The number of nitrogens with one attached hydrogen (secondary N) is 3. The molecule has 0 heterocycles. The van der Waals surface area contributed by atoms with Gasteiger partial charge in [-0.3, -0.25) is 19.2 Å². The van der Waals surface area contributed by atoms with Gasteiger partial charge >= 0.3 is 5.97 Å². The summed E-state index contributed by atoms with van der Waals surface area (Å²) < 4.78 is 0. The van der Waals surface area contributed by atoms with Crippen LogP contribution in [0.1, 0.15) is 26.7 Å². The number of aliphatic carboxylic acids is 1. The first-order chi connectivity index (χ1) is 13.5. The number of primary amides is 1. The maximum absolute atomic E-state index is 12.6. The van der Waals surface area contributed by atoms with E-state index in [2.05, 4.69) is 41.2 Å². The molecule has 11 nitrogen and oxygen atoms in total. The third-order valence-electron chi connectivity index (χ3n) is 4.16. The lowest BCUT2D eigenvalue weighted by atomic mass is 9.97. The average molecular weight is 452 g/mol. The minimum atomic E-state index is -1.36. The maximum Gasteiger partial charge on any atom is 0.327 e. The van der Waals surface area contributed by atoms with Crippen LogP contribution >= 0.6 is 25.3 Å². The molecule has 0 aromatic rings. The largest absolute Gasteiger partial charge is 0.480 e. The topological polar surface area (TPSA) is 194 Å². The molecule has 0 saturated heterocycles. The molecule has 5 unspecified atom stereocenters. The van der Waals surface area contributed by atoms with Crippen molar-refractivity contribution in [3.05, 3.63) is 0 Å². The van der Waals surface area contributed by atoms with E-state index in [9.17, 15) is 24.0 Å². The summed E-state index contributed by atoms with van der Waals surface area (Å²) in [5.41, 5.74) is 10.7. The fourth-order valence-electron chi connectivity index (χ4n) is 2.17. The number of carboxylic acid groups (broad SMARTS) is 1. The Kier molecular flexibility index (Phi) is 12.4. The fraction of sp³-hybridized carbons (Fsp3) is 0.688. The minimum absolute atomic E-state index is 0.00888. The second-order valence-electron chi connectivity index (χ2n) is 6.47. The molecule has 4 amide bonds. The number of thiol groups is 2. The van der Waals surface area contributed by atoms with Crippen molar-refractivity contribution in [1.29, 1.82) is 0 Å². The summed E-state index contributed by atoms with van der Waals surface area (Å²) in [5, 5.41) is 16.1. The highest BCUT2D eigenvalue weighted by Gasteiger charge is 2.32. The number of nitrogens with two attached hydrogens (primary N) is 2. The van der Waals surface area contributed by atoms with Crippen LogP contribution in [0.5, 0.6) is 0 Å². The Hall–Kier alpha value is -1.99. The molecule has 8 N–H and O–H groups in total. The first-order valence-corrected chi connectivity index (χ1v) is 10.1. The Bertz CT molecular complexity index is 621. The maximum atomic E-state index is 12.6. The number of hydrogen-bond acceptors (Lipinski definition) is 8. The summed E-state index contributed by atoms with van der Waals surface area (Å²) >= 11 is 7.77. The summed E-state index contributed by atoms with van der Waals surface area (Å²) in [6.07, 6.45) is -0.0333. The van der Waals surface area contributed by atoms with Gasteiger partial charge in [0.05, 0.1) is 12.5 Å². The predicted molar refractivity (Wildman–Crippen MR) is 112 cm³/mol. The molecule has 13 heteroatoms. The first kappa shape index (κ1) is 27.0. The van der Waals surface area contributed by atoms with Crippen molar-refractivity contribution < 1.29 is 29.1 Å². The summed E-state index contributed by atoms with van der Waals surface area (Å²) in [7, 11) is 0. The van der Waals surface area contributed by atoms with Gasteiger partial charge < -0.3 is 32.5 Å². The standard InChI is InChI=1S/C16H29N5O6S2/c1-3-7(2)12(15(25)20-10(6-29)16(26)27)21-14(24)9(4-11(18)22)19-13(23)8(17)5-28/h7-10,12,28-29H,3-6,17H2,1-2H3,(H2,18,22)(H,19,23)(H,20,25)(H,21,24)(H,26,27). The molecule has 0 saturated carbocycles. The van der Waals surface area contributed by atoms with Gasteiger partial charge in [-0.1, -0.05) is 20.3 Å². The Morgan fingerprint density at radius 2 is 1.48 bits per heavy atom. The van der Waals surface area contributed by atoms with Crippen molar-refractivity contribution in [3.8, 4) is 0 Å². The summed E-state index contributed by atoms with van der Waals surface area (Å²) in [4.78, 5) is 59.6. The van der Waals surface area contributed by atoms with Gasteiger partial charge in [-0.15, -0.1) is 0 Å². The predicted octanol–water partition coefficient (Wildman–Crippen LogP) is -2.37.